The van der Waals surface area contributed by atoms with Crippen molar-refractivity contribution >= 4 is 17.4 Å². The molecule has 1 aliphatic rings. The molecule has 1 aromatic heterocycles. The number of carbonyl (C=O) groups excluding carboxylic acids is 1. The summed E-state index contributed by atoms with van der Waals surface area (Å²) in [4.78, 5) is 16.0. The number of thiazole rings is 1. The van der Waals surface area contributed by atoms with Crippen LogP contribution in [0, 0.1) is 6.92 Å². The Morgan fingerprint density at radius 1 is 1.47 bits per heavy atom. The number of hydrogen-bond acceptors (Lipinski definition) is 3. The Morgan fingerprint density at radius 2 is 2.24 bits per heavy atom. The van der Waals surface area contributed by atoms with Gasteiger partial charge in [0.05, 0.1) is 17.2 Å². The maximum absolute atomic E-state index is 11.6. The molecule has 0 aromatic carbocycles. The minimum Gasteiger partial charge on any atom is -0.335 e. The van der Waals surface area contributed by atoms with Crippen molar-refractivity contribution in [3.8, 4) is 0 Å². The van der Waals surface area contributed by atoms with Crippen LogP contribution in [-0.2, 0) is 6.54 Å². The SMILES string of the molecule is Cc1nc(CNC(=O)NC2CCCCC2)cs1. The van der Waals surface area contributed by atoms with Gasteiger partial charge in [-0.25, -0.2) is 9.78 Å². The molecule has 0 saturated heterocycles. The van der Waals surface area contributed by atoms with Gasteiger partial charge in [0, 0.05) is 11.4 Å². The third-order valence-electron chi connectivity index (χ3n) is 3.04. The van der Waals surface area contributed by atoms with E-state index >= 15 is 0 Å². The minimum absolute atomic E-state index is 0.0671. The molecule has 1 heterocycles. The highest BCUT2D eigenvalue weighted by Gasteiger charge is 2.15. The van der Waals surface area contributed by atoms with Crippen LogP contribution in [0.5, 0.6) is 0 Å². The highest BCUT2D eigenvalue weighted by Crippen LogP contribution is 2.17. The van der Waals surface area contributed by atoms with Crippen molar-refractivity contribution in [1.82, 2.24) is 15.6 Å². The van der Waals surface area contributed by atoms with Gasteiger partial charge < -0.3 is 10.6 Å². The first-order chi connectivity index (χ1) is 8.24. The van der Waals surface area contributed by atoms with Crippen LogP contribution in [0.1, 0.15) is 42.8 Å². The monoisotopic (exact) mass is 253 g/mol. The van der Waals surface area contributed by atoms with Crippen LogP contribution in [-0.4, -0.2) is 17.1 Å². The molecule has 2 amide bonds. The first-order valence-corrected chi connectivity index (χ1v) is 7.07. The molecule has 2 N–H and O–H groups in total. The molecule has 0 radical (unpaired) electrons. The van der Waals surface area contributed by atoms with Gasteiger partial charge in [0.2, 0.25) is 0 Å². The molecule has 1 saturated carbocycles. The van der Waals surface area contributed by atoms with E-state index in [1.807, 2.05) is 12.3 Å². The quantitative estimate of drug-likeness (QED) is 0.870. The lowest BCUT2D eigenvalue weighted by Gasteiger charge is -2.22. The number of amides is 2. The summed E-state index contributed by atoms with van der Waals surface area (Å²) in [5, 5.41) is 8.89. The second kappa shape index (κ2) is 6.00. The molecule has 0 atom stereocenters. The predicted octanol–water partition coefficient (Wildman–Crippen LogP) is 2.58. The van der Waals surface area contributed by atoms with Gasteiger partial charge >= 0.3 is 6.03 Å². The van der Waals surface area contributed by atoms with Gasteiger partial charge in [-0.1, -0.05) is 19.3 Å². The lowest BCUT2D eigenvalue weighted by molar-refractivity contribution is 0.232. The first-order valence-electron chi connectivity index (χ1n) is 6.19. The largest absolute Gasteiger partial charge is 0.335 e. The standard InChI is InChI=1S/C12H19N3OS/c1-9-14-11(8-17-9)7-13-12(16)15-10-5-3-2-4-6-10/h8,10H,2-7H2,1H3,(H2,13,15,16). The van der Waals surface area contributed by atoms with Crippen LogP contribution in [0.2, 0.25) is 0 Å². The van der Waals surface area contributed by atoms with Gasteiger partial charge in [0.1, 0.15) is 0 Å². The average Bonchev–Trinajstić information content (AvgIpc) is 2.74. The second-order valence-corrected chi connectivity index (χ2v) is 5.58. The Morgan fingerprint density at radius 3 is 2.88 bits per heavy atom. The number of aromatic nitrogens is 1. The van der Waals surface area contributed by atoms with E-state index in [9.17, 15) is 4.79 Å². The van der Waals surface area contributed by atoms with E-state index in [-0.39, 0.29) is 6.03 Å². The Hall–Kier alpha value is -1.10. The van der Waals surface area contributed by atoms with Crippen molar-refractivity contribution in [2.24, 2.45) is 0 Å². The number of hydrogen-bond donors (Lipinski definition) is 2. The van der Waals surface area contributed by atoms with Crippen molar-refractivity contribution in [2.45, 2.75) is 51.6 Å². The summed E-state index contributed by atoms with van der Waals surface area (Å²) in [5.41, 5.74) is 0.936. The number of aryl methyl sites for hydroxylation is 1. The summed E-state index contributed by atoms with van der Waals surface area (Å²) in [6.45, 7) is 2.49. The smallest absolute Gasteiger partial charge is 0.315 e. The van der Waals surface area contributed by atoms with E-state index in [4.69, 9.17) is 0 Å². The molecule has 0 unspecified atom stereocenters. The van der Waals surface area contributed by atoms with Crippen molar-refractivity contribution in [2.75, 3.05) is 0 Å². The van der Waals surface area contributed by atoms with Crippen LogP contribution in [0.25, 0.3) is 0 Å². The topological polar surface area (TPSA) is 54.0 Å². The lowest BCUT2D eigenvalue weighted by Crippen LogP contribution is -2.42. The number of nitrogens with zero attached hydrogens (tertiary/aromatic N) is 1. The molecule has 1 aromatic rings. The van der Waals surface area contributed by atoms with E-state index in [1.54, 1.807) is 11.3 Å². The maximum atomic E-state index is 11.6. The third-order valence-corrected chi connectivity index (χ3v) is 3.86. The minimum atomic E-state index is -0.0671. The Bertz CT molecular complexity index is 372. The van der Waals surface area contributed by atoms with E-state index in [1.165, 1.54) is 19.3 Å². The zero-order valence-electron chi connectivity index (χ0n) is 10.2. The molecule has 0 spiro atoms. The van der Waals surface area contributed by atoms with Gasteiger partial charge in [-0.2, -0.15) is 0 Å². The first kappa shape index (κ1) is 12.4. The number of rotatable bonds is 3. The summed E-state index contributed by atoms with van der Waals surface area (Å²) in [6, 6.07) is 0.295. The average molecular weight is 253 g/mol. The molecule has 1 aliphatic carbocycles. The van der Waals surface area contributed by atoms with Gasteiger partial charge in [-0.05, 0) is 19.8 Å². The normalized spacial score (nSPS) is 16.8. The van der Waals surface area contributed by atoms with Gasteiger partial charge in [0.25, 0.3) is 0 Å². The molecule has 4 nitrogen and oxygen atoms in total. The fourth-order valence-electron chi connectivity index (χ4n) is 2.14. The Kier molecular flexibility index (Phi) is 4.36. The zero-order valence-corrected chi connectivity index (χ0v) is 11.0. The molecule has 0 bridgehead atoms. The molecule has 94 valence electrons. The van der Waals surface area contributed by atoms with E-state index in [0.29, 0.717) is 12.6 Å². The van der Waals surface area contributed by atoms with Gasteiger partial charge in [-0.3, -0.25) is 0 Å². The van der Waals surface area contributed by atoms with E-state index in [0.717, 1.165) is 23.5 Å². The molecular formula is C12H19N3OS. The summed E-state index contributed by atoms with van der Waals surface area (Å²) in [5.74, 6) is 0. The molecule has 1 fully saturated rings. The fraction of sp³-hybridized carbons (Fsp3) is 0.667. The molecule has 2 rings (SSSR count). The van der Waals surface area contributed by atoms with Crippen LogP contribution >= 0.6 is 11.3 Å². The van der Waals surface area contributed by atoms with Crippen molar-refractivity contribution in [1.29, 1.82) is 0 Å². The fourth-order valence-corrected chi connectivity index (χ4v) is 2.76. The highest BCUT2D eigenvalue weighted by atomic mass is 32.1. The van der Waals surface area contributed by atoms with Gasteiger partial charge in [0.15, 0.2) is 0 Å². The van der Waals surface area contributed by atoms with Crippen molar-refractivity contribution in [3.63, 3.8) is 0 Å². The van der Waals surface area contributed by atoms with Crippen molar-refractivity contribution < 1.29 is 4.79 Å². The number of urea groups is 1. The molecule has 0 aliphatic heterocycles. The number of nitrogens with one attached hydrogen (secondary N) is 2. The summed E-state index contributed by atoms with van der Waals surface area (Å²) < 4.78 is 0. The molecule has 17 heavy (non-hydrogen) atoms. The predicted molar refractivity (Wildman–Crippen MR) is 69.1 cm³/mol. The summed E-state index contributed by atoms with van der Waals surface area (Å²) >= 11 is 1.61. The number of carbonyl (C=O) groups is 1. The van der Waals surface area contributed by atoms with Crippen LogP contribution in [0.4, 0.5) is 4.79 Å². The molecule has 5 heteroatoms. The van der Waals surface area contributed by atoms with Crippen LogP contribution in [0.3, 0.4) is 0 Å². The lowest BCUT2D eigenvalue weighted by atomic mass is 9.96. The van der Waals surface area contributed by atoms with Crippen LogP contribution in [0.15, 0.2) is 5.38 Å². The third kappa shape index (κ3) is 4.00. The summed E-state index contributed by atoms with van der Waals surface area (Å²) in [7, 11) is 0. The highest BCUT2D eigenvalue weighted by molar-refractivity contribution is 7.09. The van der Waals surface area contributed by atoms with Crippen LogP contribution < -0.4 is 10.6 Å². The van der Waals surface area contributed by atoms with E-state index < -0.39 is 0 Å². The Balaban J connectivity index is 1.70. The Labute approximate surface area is 106 Å². The second-order valence-electron chi connectivity index (χ2n) is 4.52. The molecular weight excluding hydrogens is 234 g/mol. The zero-order chi connectivity index (χ0) is 12.1. The van der Waals surface area contributed by atoms with Crippen molar-refractivity contribution in [3.05, 3.63) is 16.1 Å². The van der Waals surface area contributed by atoms with Gasteiger partial charge in [-0.15, -0.1) is 11.3 Å². The van der Waals surface area contributed by atoms with E-state index in [2.05, 4.69) is 15.6 Å². The maximum Gasteiger partial charge on any atom is 0.315 e. The summed E-state index contributed by atoms with van der Waals surface area (Å²) in [6.07, 6.45) is 6.00.